The van der Waals surface area contributed by atoms with Gasteiger partial charge in [0.2, 0.25) is 0 Å². The van der Waals surface area contributed by atoms with Crippen LogP contribution >= 0.6 is 0 Å². The van der Waals surface area contributed by atoms with Crippen LogP contribution in [0.25, 0.3) is 22.3 Å². The van der Waals surface area contributed by atoms with Gasteiger partial charge in [-0.15, -0.1) is 0 Å². The van der Waals surface area contributed by atoms with Gasteiger partial charge in [-0.05, 0) is 42.0 Å². The van der Waals surface area contributed by atoms with Crippen LogP contribution < -0.4 is 5.32 Å². The number of aromatic nitrogens is 3. The molecule has 0 spiro atoms. The Morgan fingerprint density at radius 2 is 1.69 bits per heavy atom. The van der Waals surface area contributed by atoms with Gasteiger partial charge in [-0.25, -0.2) is 4.98 Å². The second-order valence-corrected chi connectivity index (χ2v) is 5.83. The summed E-state index contributed by atoms with van der Waals surface area (Å²) in [6.07, 6.45) is 5.14. The molecule has 26 heavy (non-hydrogen) atoms. The second kappa shape index (κ2) is 7.11. The van der Waals surface area contributed by atoms with Gasteiger partial charge < -0.3 is 5.32 Å². The van der Waals surface area contributed by atoms with Crippen molar-refractivity contribution in [1.82, 2.24) is 20.3 Å². The molecule has 0 aliphatic carbocycles. The first kappa shape index (κ1) is 15.9. The molecule has 0 fully saturated rings. The molecule has 1 N–H and O–H groups in total. The van der Waals surface area contributed by atoms with Crippen LogP contribution in [0.1, 0.15) is 15.9 Å². The number of fused-ring (bicyclic) bond motifs is 1. The van der Waals surface area contributed by atoms with Crippen LogP contribution in [-0.2, 0) is 6.54 Å². The molecule has 0 bridgehead atoms. The molecule has 3 heterocycles. The molecular weight excluding hydrogens is 324 g/mol. The summed E-state index contributed by atoms with van der Waals surface area (Å²) in [7, 11) is 0. The van der Waals surface area contributed by atoms with Gasteiger partial charge in [0, 0.05) is 30.5 Å². The van der Waals surface area contributed by atoms with Gasteiger partial charge in [-0.2, -0.15) is 0 Å². The van der Waals surface area contributed by atoms with Crippen LogP contribution in [0.2, 0.25) is 0 Å². The number of benzene rings is 1. The van der Waals surface area contributed by atoms with Gasteiger partial charge in [-0.3, -0.25) is 14.8 Å². The summed E-state index contributed by atoms with van der Waals surface area (Å²) in [5.74, 6) is -0.141. The summed E-state index contributed by atoms with van der Waals surface area (Å²) < 4.78 is 0. The van der Waals surface area contributed by atoms with Gasteiger partial charge in [0.1, 0.15) is 0 Å². The fourth-order valence-corrected chi connectivity index (χ4v) is 2.79. The number of hydrogen-bond acceptors (Lipinski definition) is 4. The summed E-state index contributed by atoms with van der Waals surface area (Å²) >= 11 is 0. The van der Waals surface area contributed by atoms with Crippen molar-refractivity contribution in [2.24, 2.45) is 0 Å². The zero-order valence-corrected chi connectivity index (χ0v) is 14.0. The first-order valence-corrected chi connectivity index (χ1v) is 8.29. The number of carbonyl (C=O) groups excluding carboxylic acids is 1. The van der Waals surface area contributed by atoms with E-state index in [0.29, 0.717) is 17.8 Å². The van der Waals surface area contributed by atoms with Crippen LogP contribution in [-0.4, -0.2) is 20.9 Å². The predicted octanol–water partition coefficient (Wildman–Crippen LogP) is 3.62. The molecule has 1 aromatic carbocycles. The highest BCUT2D eigenvalue weighted by molar-refractivity contribution is 6.07. The Labute approximate surface area is 150 Å². The summed E-state index contributed by atoms with van der Waals surface area (Å²) in [6.45, 7) is 0.441. The lowest BCUT2D eigenvalue weighted by atomic mass is 10.1. The molecule has 5 nitrogen and oxygen atoms in total. The molecule has 0 unspecified atom stereocenters. The molecule has 4 rings (SSSR count). The lowest BCUT2D eigenvalue weighted by molar-refractivity contribution is 0.0952. The number of nitrogens with zero attached hydrogens (tertiary/aromatic N) is 3. The Morgan fingerprint density at radius 1 is 0.885 bits per heavy atom. The normalized spacial score (nSPS) is 10.6. The standard InChI is InChI=1S/C21H16N4O/c26-21(24-14-15-8-11-22-12-9-15)17-13-20(19-7-3-4-10-23-19)25-18-6-2-1-5-16(17)18/h1-13H,14H2,(H,24,26). The first-order chi connectivity index (χ1) is 12.8. The van der Waals surface area contributed by atoms with E-state index in [1.165, 1.54) is 0 Å². The first-order valence-electron chi connectivity index (χ1n) is 8.29. The highest BCUT2D eigenvalue weighted by Gasteiger charge is 2.14. The zero-order valence-electron chi connectivity index (χ0n) is 14.0. The van der Waals surface area contributed by atoms with Crippen molar-refractivity contribution in [3.8, 4) is 11.4 Å². The van der Waals surface area contributed by atoms with Crippen LogP contribution in [0.5, 0.6) is 0 Å². The van der Waals surface area contributed by atoms with E-state index >= 15 is 0 Å². The van der Waals surface area contributed by atoms with E-state index in [1.54, 1.807) is 24.7 Å². The fraction of sp³-hybridized carbons (Fsp3) is 0.0476. The van der Waals surface area contributed by atoms with Crippen molar-refractivity contribution in [3.05, 3.63) is 90.4 Å². The maximum atomic E-state index is 12.8. The number of hydrogen-bond donors (Lipinski definition) is 1. The van der Waals surface area contributed by atoms with Crippen molar-refractivity contribution >= 4 is 16.8 Å². The highest BCUT2D eigenvalue weighted by atomic mass is 16.1. The van der Waals surface area contributed by atoms with Crippen molar-refractivity contribution in [3.63, 3.8) is 0 Å². The Bertz CT molecular complexity index is 1050. The molecule has 0 atom stereocenters. The quantitative estimate of drug-likeness (QED) is 0.616. The Kier molecular flexibility index (Phi) is 4.35. The van der Waals surface area contributed by atoms with E-state index in [2.05, 4.69) is 20.3 Å². The SMILES string of the molecule is O=C(NCc1ccncc1)c1cc(-c2ccccn2)nc2ccccc12. The molecule has 0 aliphatic heterocycles. The van der Waals surface area contributed by atoms with Gasteiger partial charge in [0.25, 0.3) is 5.91 Å². The molecule has 0 radical (unpaired) electrons. The van der Waals surface area contributed by atoms with Gasteiger partial charge >= 0.3 is 0 Å². The minimum Gasteiger partial charge on any atom is -0.348 e. The van der Waals surface area contributed by atoms with Crippen LogP contribution in [0.15, 0.2) is 79.3 Å². The van der Waals surface area contributed by atoms with Crippen LogP contribution in [0.4, 0.5) is 0 Å². The summed E-state index contributed by atoms with van der Waals surface area (Å²) in [4.78, 5) is 25.8. The van der Waals surface area contributed by atoms with Crippen molar-refractivity contribution < 1.29 is 4.79 Å². The average Bonchev–Trinajstić information content (AvgIpc) is 2.72. The lowest BCUT2D eigenvalue weighted by Crippen LogP contribution is -2.23. The van der Waals surface area contributed by atoms with Crippen molar-refractivity contribution in [2.75, 3.05) is 0 Å². The molecule has 4 aromatic rings. The number of para-hydroxylation sites is 1. The monoisotopic (exact) mass is 340 g/mol. The van der Waals surface area contributed by atoms with Crippen molar-refractivity contribution in [1.29, 1.82) is 0 Å². The Balaban J connectivity index is 1.72. The number of amides is 1. The van der Waals surface area contributed by atoms with Gasteiger partial charge in [0.15, 0.2) is 0 Å². The largest absolute Gasteiger partial charge is 0.348 e. The maximum Gasteiger partial charge on any atom is 0.252 e. The van der Waals surface area contributed by atoms with Crippen molar-refractivity contribution in [2.45, 2.75) is 6.54 Å². The fourth-order valence-electron chi connectivity index (χ4n) is 2.79. The maximum absolute atomic E-state index is 12.8. The third-order valence-electron chi connectivity index (χ3n) is 4.09. The molecule has 0 saturated carbocycles. The van der Waals surface area contributed by atoms with E-state index in [9.17, 15) is 4.79 Å². The van der Waals surface area contributed by atoms with E-state index in [1.807, 2.05) is 54.6 Å². The molecule has 126 valence electrons. The smallest absolute Gasteiger partial charge is 0.252 e. The Morgan fingerprint density at radius 3 is 2.50 bits per heavy atom. The third-order valence-corrected chi connectivity index (χ3v) is 4.09. The predicted molar refractivity (Wildman–Crippen MR) is 100 cm³/mol. The number of rotatable bonds is 4. The molecular formula is C21H16N4O. The lowest BCUT2D eigenvalue weighted by Gasteiger charge is -2.10. The minimum atomic E-state index is -0.141. The topological polar surface area (TPSA) is 67.8 Å². The number of pyridine rings is 3. The van der Waals surface area contributed by atoms with Crippen LogP contribution in [0.3, 0.4) is 0 Å². The summed E-state index contributed by atoms with van der Waals surface area (Å²) in [5, 5.41) is 3.79. The van der Waals surface area contributed by atoms with Gasteiger partial charge in [-0.1, -0.05) is 24.3 Å². The number of nitrogens with one attached hydrogen (secondary N) is 1. The number of carbonyl (C=O) groups is 1. The Hall–Kier alpha value is -3.60. The van der Waals surface area contributed by atoms with Gasteiger partial charge in [0.05, 0.1) is 22.5 Å². The van der Waals surface area contributed by atoms with E-state index < -0.39 is 0 Å². The highest BCUT2D eigenvalue weighted by Crippen LogP contribution is 2.23. The molecule has 5 heteroatoms. The minimum absolute atomic E-state index is 0.141. The summed E-state index contributed by atoms with van der Waals surface area (Å²) in [6, 6.07) is 18.8. The van der Waals surface area contributed by atoms with E-state index in [4.69, 9.17) is 0 Å². The molecule has 0 saturated heterocycles. The molecule has 0 aliphatic rings. The average molecular weight is 340 g/mol. The summed E-state index contributed by atoms with van der Waals surface area (Å²) in [5.41, 5.74) is 3.77. The molecule has 3 aromatic heterocycles. The zero-order chi connectivity index (χ0) is 17.8. The second-order valence-electron chi connectivity index (χ2n) is 5.83. The van der Waals surface area contributed by atoms with Crippen LogP contribution in [0, 0.1) is 0 Å². The third kappa shape index (κ3) is 3.28. The van der Waals surface area contributed by atoms with E-state index in [0.717, 1.165) is 22.2 Å². The van der Waals surface area contributed by atoms with E-state index in [-0.39, 0.29) is 5.91 Å². The molecule has 1 amide bonds.